The minimum absolute atomic E-state index is 0.222. The molecule has 0 unspecified atom stereocenters. The number of carboxylic acid groups (broad SMARTS) is 1. The number of aryl methyl sites for hydroxylation is 2. The zero-order valence-corrected chi connectivity index (χ0v) is 9.93. The molecule has 0 atom stereocenters. The molecule has 0 aliphatic rings. The van der Waals surface area contributed by atoms with Gasteiger partial charge in [0, 0.05) is 7.05 Å². The largest absolute Gasteiger partial charge is 0.478 e. The Bertz CT molecular complexity index is 561. The minimum Gasteiger partial charge on any atom is -0.478 e. The molecule has 1 aromatic carbocycles. The van der Waals surface area contributed by atoms with E-state index in [2.05, 4.69) is 5.10 Å². The molecule has 0 spiro atoms. The maximum atomic E-state index is 12.7. The van der Waals surface area contributed by atoms with Gasteiger partial charge in [-0.05, 0) is 30.5 Å². The average molecular weight is 248 g/mol. The van der Waals surface area contributed by atoms with E-state index in [4.69, 9.17) is 5.11 Å². The Morgan fingerprint density at radius 2 is 2.00 bits per heavy atom. The van der Waals surface area contributed by atoms with E-state index in [-0.39, 0.29) is 11.4 Å². The fourth-order valence-electron chi connectivity index (χ4n) is 1.85. The lowest BCUT2D eigenvalue weighted by atomic mass is 10.1. The van der Waals surface area contributed by atoms with Crippen molar-refractivity contribution in [1.29, 1.82) is 0 Å². The molecular formula is C13H13FN2O2. The number of halogens is 1. The van der Waals surface area contributed by atoms with Crippen molar-refractivity contribution < 1.29 is 14.3 Å². The second-order valence-corrected chi connectivity index (χ2v) is 4.06. The number of carbonyl (C=O) groups is 1. The van der Waals surface area contributed by atoms with Gasteiger partial charge in [0.2, 0.25) is 0 Å². The quantitative estimate of drug-likeness (QED) is 0.900. The summed E-state index contributed by atoms with van der Waals surface area (Å²) < 4.78 is 14.3. The zero-order valence-electron chi connectivity index (χ0n) is 9.93. The van der Waals surface area contributed by atoms with Gasteiger partial charge >= 0.3 is 5.97 Å². The molecule has 0 radical (unpaired) electrons. The van der Waals surface area contributed by atoms with E-state index in [1.807, 2.05) is 0 Å². The topological polar surface area (TPSA) is 55.1 Å². The predicted molar refractivity (Wildman–Crippen MR) is 64.0 cm³/mol. The van der Waals surface area contributed by atoms with Crippen LogP contribution in [0.4, 0.5) is 4.39 Å². The maximum absolute atomic E-state index is 12.7. The first-order chi connectivity index (χ1) is 8.58. The lowest BCUT2D eigenvalue weighted by Gasteiger charge is -2.04. The van der Waals surface area contributed by atoms with E-state index in [0.29, 0.717) is 18.5 Å². The van der Waals surface area contributed by atoms with E-state index in [1.165, 1.54) is 18.3 Å². The highest BCUT2D eigenvalue weighted by molar-refractivity contribution is 5.88. The van der Waals surface area contributed by atoms with Crippen molar-refractivity contribution >= 4 is 5.97 Å². The molecule has 2 aromatic rings. The number of benzene rings is 1. The molecule has 0 bridgehead atoms. The fourth-order valence-corrected chi connectivity index (χ4v) is 1.85. The molecule has 0 saturated heterocycles. The van der Waals surface area contributed by atoms with E-state index in [1.54, 1.807) is 23.9 Å². The smallest absolute Gasteiger partial charge is 0.339 e. The Balaban J connectivity index is 2.12. The Labute approximate surface area is 104 Å². The summed E-state index contributed by atoms with van der Waals surface area (Å²) in [7, 11) is 1.71. The van der Waals surface area contributed by atoms with Gasteiger partial charge in [0.25, 0.3) is 0 Å². The van der Waals surface area contributed by atoms with Crippen LogP contribution >= 0.6 is 0 Å². The Morgan fingerprint density at radius 3 is 2.61 bits per heavy atom. The van der Waals surface area contributed by atoms with Crippen molar-refractivity contribution in [2.24, 2.45) is 7.05 Å². The minimum atomic E-state index is -0.975. The van der Waals surface area contributed by atoms with E-state index < -0.39 is 5.97 Å². The third-order valence-corrected chi connectivity index (χ3v) is 2.86. The van der Waals surface area contributed by atoms with Gasteiger partial charge in [-0.15, -0.1) is 0 Å². The van der Waals surface area contributed by atoms with Crippen LogP contribution in [0.1, 0.15) is 21.6 Å². The van der Waals surface area contributed by atoms with Gasteiger partial charge in [-0.1, -0.05) is 12.1 Å². The molecule has 0 aliphatic carbocycles. The van der Waals surface area contributed by atoms with Gasteiger partial charge in [0.15, 0.2) is 0 Å². The standard InChI is InChI=1S/C13H13FN2O2/c1-16-12(11(8-15-16)13(17)18)7-4-9-2-5-10(14)6-3-9/h2-3,5-6,8H,4,7H2,1H3,(H,17,18). The number of rotatable bonds is 4. The monoisotopic (exact) mass is 248 g/mol. The second kappa shape index (κ2) is 5.00. The first-order valence-electron chi connectivity index (χ1n) is 5.56. The summed E-state index contributed by atoms with van der Waals surface area (Å²) in [4.78, 5) is 11.0. The highest BCUT2D eigenvalue weighted by Gasteiger charge is 2.14. The van der Waals surface area contributed by atoms with Crippen molar-refractivity contribution in [3.63, 3.8) is 0 Å². The van der Waals surface area contributed by atoms with Gasteiger partial charge in [0.05, 0.1) is 11.9 Å². The first kappa shape index (κ1) is 12.3. The summed E-state index contributed by atoms with van der Waals surface area (Å²) in [6.07, 6.45) is 2.56. The number of aromatic carboxylic acids is 1. The SMILES string of the molecule is Cn1ncc(C(=O)O)c1CCc1ccc(F)cc1. The molecule has 4 nitrogen and oxygen atoms in total. The van der Waals surface area contributed by atoms with Crippen LogP contribution in [0.3, 0.4) is 0 Å². The van der Waals surface area contributed by atoms with E-state index >= 15 is 0 Å². The Morgan fingerprint density at radius 1 is 1.33 bits per heavy atom. The first-order valence-corrected chi connectivity index (χ1v) is 5.56. The van der Waals surface area contributed by atoms with Crippen LogP contribution in [-0.2, 0) is 19.9 Å². The number of hydrogen-bond acceptors (Lipinski definition) is 2. The van der Waals surface area contributed by atoms with Crippen LogP contribution in [0.25, 0.3) is 0 Å². The summed E-state index contributed by atoms with van der Waals surface area (Å²) in [6.45, 7) is 0. The van der Waals surface area contributed by atoms with Crippen LogP contribution < -0.4 is 0 Å². The molecule has 5 heteroatoms. The summed E-state index contributed by atoms with van der Waals surface area (Å²) >= 11 is 0. The van der Waals surface area contributed by atoms with Gasteiger partial charge < -0.3 is 5.11 Å². The number of nitrogens with zero attached hydrogens (tertiary/aromatic N) is 2. The molecule has 1 aromatic heterocycles. The molecule has 2 rings (SSSR count). The van der Waals surface area contributed by atoms with Gasteiger partial charge in [-0.2, -0.15) is 5.10 Å². The lowest BCUT2D eigenvalue weighted by Crippen LogP contribution is -2.06. The van der Waals surface area contributed by atoms with E-state index in [9.17, 15) is 9.18 Å². The van der Waals surface area contributed by atoms with Crippen molar-refractivity contribution in [2.75, 3.05) is 0 Å². The van der Waals surface area contributed by atoms with Crippen molar-refractivity contribution in [1.82, 2.24) is 9.78 Å². The molecule has 0 aliphatic heterocycles. The zero-order chi connectivity index (χ0) is 13.1. The highest BCUT2D eigenvalue weighted by atomic mass is 19.1. The van der Waals surface area contributed by atoms with Gasteiger partial charge in [0.1, 0.15) is 11.4 Å². The summed E-state index contributed by atoms with van der Waals surface area (Å²) in [6, 6.07) is 6.20. The van der Waals surface area contributed by atoms with Crippen LogP contribution in [0, 0.1) is 5.82 Å². The van der Waals surface area contributed by atoms with Crippen molar-refractivity contribution in [3.8, 4) is 0 Å². The fraction of sp³-hybridized carbons (Fsp3) is 0.231. The molecule has 0 saturated carbocycles. The third kappa shape index (κ3) is 2.56. The molecule has 1 N–H and O–H groups in total. The Hall–Kier alpha value is -2.17. The average Bonchev–Trinajstić information content (AvgIpc) is 2.70. The van der Waals surface area contributed by atoms with Crippen LogP contribution in [0.5, 0.6) is 0 Å². The van der Waals surface area contributed by atoms with Crippen molar-refractivity contribution in [2.45, 2.75) is 12.8 Å². The molecule has 94 valence electrons. The third-order valence-electron chi connectivity index (χ3n) is 2.86. The van der Waals surface area contributed by atoms with Crippen LogP contribution in [0.2, 0.25) is 0 Å². The summed E-state index contributed by atoms with van der Waals surface area (Å²) in [5, 5.41) is 12.9. The molecule has 0 fully saturated rings. The predicted octanol–water partition coefficient (Wildman–Crippen LogP) is 2.04. The van der Waals surface area contributed by atoms with Gasteiger partial charge in [-0.3, -0.25) is 4.68 Å². The lowest BCUT2D eigenvalue weighted by molar-refractivity contribution is 0.0695. The maximum Gasteiger partial charge on any atom is 0.339 e. The highest BCUT2D eigenvalue weighted by Crippen LogP contribution is 2.12. The number of aromatic nitrogens is 2. The molecular weight excluding hydrogens is 235 g/mol. The second-order valence-electron chi connectivity index (χ2n) is 4.06. The van der Waals surface area contributed by atoms with Crippen LogP contribution in [-0.4, -0.2) is 20.9 Å². The number of hydrogen-bond donors (Lipinski definition) is 1. The summed E-state index contributed by atoms with van der Waals surface area (Å²) in [5.41, 5.74) is 1.86. The molecule has 1 heterocycles. The van der Waals surface area contributed by atoms with E-state index in [0.717, 1.165) is 5.56 Å². The summed E-state index contributed by atoms with van der Waals surface area (Å²) in [5.74, 6) is -1.25. The van der Waals surface area contributed by atoms with Crippen molar-refractivity contribution in [3.05, 3.63) is 53.1 Å². The number of carboxylic acids is 1. The molecule has 18 heavy (non-hydrogen) atoms. The normalized spacial score (nSPS) is 10.6. The van der Waals surface area contributed by atoms with Crippen LogP contribution in [0.15, 0.2) is 30.5 Å². The Kier molecular flexibility index (Phi) is 3.41. The molecule has 0 amide bonds. The van der Waals surface area contributed by atoms with Gasteiger partial charge in [-0.25, -0.2) is 9.18 Å².